The van der Waals surface area contributed by atoms with Gasteiger partial charge in [0.25, 0.3) is 0 Å². The van der Waals surface area contributed by atoms with Gasteiger partial charge in [-0.2, -0.15) is 0 Å². The minimum absolute atomic E-state index is 0.337. The molecule has 1 aliphatic heterocycles. The van der Waals surface area contributed by atoms with E-state index in [0.717, 1.165) is 12.8 Å². The van der Waals surface area contributed by atoms with Crippen LogP contribution < -0.4 is 0 Å². The van der Waals surface area contributed by atoms with Crippen molar-refractivity contribution in [3.8, 4) is 0 Å². The van der Waals surface area contributed by atoms with Gasteiger partial charge in [0.2, 0.25) is 0 Å². The van der Waals surface area contributed by atoms with Gasteiger partial charge in [0.1, 0.15) is 0 Å². The van der Waals surface area contributed by atoms with E-state index in [1.807, 2.05) is 0 Å². The Hall–Kier alpha value is -0.570. The van der Waals surface area contributed by atoms with E-state index in [1.54, 1.807) is 0 Å². The summed E-state index contributed by atoms with van der Waals surface area (Å²) in [6.45, 7) is 3.76. The molecule has 0 radical (unpaired) electrons. The number of carbonyl (C=O) groups is 1. The zero-order valence-electron chi connectivity index (χ0n) is 8.87. The number of hydrogen-bond acceptors (Lipinski definition) is 2. The van der Waals surface area contributed by atoms with E-state index >= 15 is 0 Å². The van der Waals surface area contributed by atoms with Crippen LogP contribution in [0.1, 0.15) is 44.9 Å². The van der Waals surface area contributed by atoms with Crippen LogP contribution in [0.15, 0.2) is 0 Å². The van der Waals surface area contributed by atoms with Gasteiger partial charge in [-0.3, -0.25) is 4.79 Å². The number of hydrogen-bond donors (Lipinski definition) is 1. The van der Waals surface area contributed by atoms with E-state index < -0.39 is 5.97 Å². The Morgan fingerprint density at radius 2 is 1.71 bits per heavy atom. The average molecular weight is 199 g/mol. The first kappa shape index (κ1) is 11.5. The average Bonchev–Trinajstić information content (AvgIpc) is 2.63. The van der Waals surface area contributed by atoms with E-state index in [2.05, 4.69) is 4.90 Å². The highest BCUT2D eigenvalue weighted by molar-refractivity contribution is 5.66. The lowest BCUT2D eigenvalue weighted by atomic mass is 10.1. The molecular formula is C11H21NO2. The maximum Gasteiger partial charge on any atom is 0.303 e. The Morgan fingerprint density at radius 1 is 1.07 bits per heavy atom. The molecular weight excluding hydrogens is 178 g/mol. The Bertz CT molecular complexity index is 165. The summed E-state index contributed by atoms with van der Waals surface area (Å²) in [5.41, 5.74) is 0. The molecule has 3 heteroatoms. The predicted molar refractivity (Wildman–Crippen MR) is 56.4 cm³/mol. The lowest BCUT2D eigenvalue weighted by Gasteiger charge is -2.13. The quantitative estimate of drug-likeness (QED) is 0.638. The van der Waals surface area contributed by atoms with Crippen LogP contribution in [0.3, 0.4) is 0 Å². The molecule has 1 rings (SSSR count). The van der Waals surface area contributed by atoms with Crippen molar-refractivity contribution in [2.75, 3.05) is 19.6 Å². The minimum Gasteiger partial charge on any atom is -0.481 e. The maximum atomic E-state index is 10.2. The summed E-state index contributed by atoms with van der Waals surface area (Å²) in [5, 5.41) is 8.43. The standard InChI is InChI=1S/C11H21NO2/c13-11(14)7-3-1-2-4-8-12-9-5-6-10-12/h1-10H2,(H,13,14). The van der Waals surface area contributed by atoms with E-state index in [1.165, 1.54) is 45.3 Å². The summed E-state index contributed by atoms with van der Waals surface area (Å²) in [5.74, 6) is -0.662. The van der Waals surface area contributed by atoms with Gasteiger partial charge in [0.05, 0.1) is 0 Å². The lowest BCUT2D eigenvalue weighted by Crippen LogP contribution is -2.20. The topological polar surface area (TPSA) is 40.5 Å². The largest absolute Gasteiger partial charge is 0.481 e. The third-order valence-corrected chi connectivity index (χ3v) is 2.81. The van der Waals surface area contributed by atoms with Gasteiger partial charge < -0.3 is 10.0 Å². The van der Waals surface area contributed by atoms with Crippen LogP contribution in [0.2, 0.25) is 0 Å². The highest BCUT2D eigenvalue weighted by Gasteiger charge is 2.09. The van der Waals surface area contributed by atoms with Gasteiger partial charge in [-0.1, -0.05) is 12.8 Å². The Labute approximate surface area is 86.1 Å². The molecule has 0 aromatic carbocycles. The smallest absolute Gasteiger partial charge is 0.303 e. The van der Waals surface area contributed by atoms with Crippen LogP contribution in [-0.2, 0) is 4.79 Å². The number of rotatable bonds is 7. The number of carboxylic acid groups (broad SMARTS) is 1. The third-order valence-electron chi connectivity index (χ3n) is 2.81. The fraction of sp³-hybridized carbons (Fsp3) is 0.909. The van der Waals surface area contributed by atoms with E-state index in [0.29, 0.717) is 6.42 Å². The minimum atomic E-state index is -0.662. The number of nitrogens with zero attached hydrogens (tertiary/aromatic N) is 1. The van der Waals surface area contributed by atoms with Crippen molar-refractivity contribution in [3.05, 3.63) is 0 Å². The van der Waals surface area contributed by atoms with Crippen molar-refractivity contribution in [2.45, 2.75) is 44.9 Å². The van der Waals surface area contributed by atoms with Crippen LogP contribution >= 0.6 is 0 Å². The lowest BCUT2D eigenvalue weighted by molar-refractivity contribution is -0.137. The van der Waals surface area contributed by atoms with E-state index in [4.69, 9.17) is 5.11 Å². The third kappa shape index (κ3) is 5.22. The first-order chi connectivity index (χ1) is 6.79. The van der Waals surface area contributed by atoms with Crippen LogP contribution in [0.25, 0.3) is 0 Å². The zero-order chi connectivity index (χ0) is 10.2. The van der Waals surface area contributed by atoms with Gasteiger partial charge in [-0.05, 0) is 45.3 Å². The molecule has 0 amide bonds. The molecule has 0 saturated carbocycles. The first-order valence-electron chi connectivity index (χ1n) is 5.73. The molecule has 3 nitrogen and oxygen atoms in total. The molecule has 1 aliphatic rings. The monoisotopic (exact) mass is 199 g/mol. The normalized spacial score (nSPS) is 17.4. The molecule has 0 atom stereocenters. The molecule has 0 unspecified atom stereocenters. The second-order valence-corrected chi connectivity index (χ2v) is 4.11. The Balaban J connectivity index is 1.82. The molecule has 1 fully saturated rings. The molecule has 0 aromatic heterocycles. The molecule has 0 aromatic rings. The summed E-state index contributed by atoms with van der Waals surface area (Å²) < 4.78 is 0. The molecule has 0 aliphatic carbocycles. The second-order valence-electron chi connectivity index (χ2n) is 4.11. The van der Waals surface area contributed by atoms with Crippen LogP contribution in [0.4, 0.5) is 0 Å². The van der Waals surface area contributed by atoms with Crippen LogP contribution in [-0.4, -0.2) is 35.6 Å². The number of carboxylic acids is 1. The SMILES string of the molecule is O=C(O)CCCCCCN1CCCC1. The summed E-state index contributed by atoms with van der Waals surface area (Å²) in [4.78, 5) is 12.7. The maximum absolute atomic E-state index is 10.2. The highest BCUT2D eigenvalue weighted by atomic mass is 16.4. The predicted octanol–water partition coefficient (Wildman–Crippen LogP) is 2.12. The fourth-order valence-electron chi connectivity index (χ4n) is 1.97. The van der Waals surface area contributed by atoms with Gasteiger partial charge >= 0.3 is 5.97 Å². The van der Waals surface area contributed by atoms with Crippen molar-refractivity contribution in [3.63, 3.8) is 0 Å². The molecule has 14 heavy (non-hydrogen) atoms. The molecule has 1 saturated heterocycles. The summed E-state index contributed by atoms with van der Waals surface area (Å²) >= 11 is 0. The number of unbranched alkanes of at least 4 members (excludes halogenated alkanes) is 3. The van der Waals surface area contributed by atoms with Gasteiger partial charge in [-0.15, -0.1) is 0 Å². The second kappa shape index (κ2) is 6.82. The van der Waals surface area contributed by atoms with Crippen LogP contribution in [0, 0.1) is 0 Å². The molecule has 0 spiro atoms. The van der Waals surface area contributed by atoms with Crippen molar-refractivity contribution >= 4 is 5.97 Å². The number of likely N-dealkylation sites (tertiary alicyclic amines) is 1. The number of aliphatic carboxylic acids is 1. The van der Waals surface area contributed by atoms with Gasteiger partial charge in [-0.25, -0.2) is 0 Å². The van der Waals surface area contributed by atoms with Crippen molar-refractivity contribution in [1.29, 1.82) is 0 Å². The van der Waals surface area contributed by atoms with Crippen LogP contribution in [0.5, 0.6) is 0 Å². The molecule has 0 bridgehead atoms. The van der Waals surface area contributed by atoms with E-state index in [-0.39, 0.29) is 0 Å². The first-order valence-corrected chi connectivity index (χ1v) is 5.73. The van der Waals surface area contributed by atoms with E-state index in [9.17, 15) is 4.79 Å². The van der Waals surface area contributed by atoms with Crippen molar-refractivity contribution in [1.82, 2.24) is 4.90 Å². The summed E-state index contributed by atoms with van der Waals surface area (Å²) in [6, 6.07) is 0. The molecule has 1 N–H and O–H groups in total. The molecule has 82 valence electrons. The highest BCUT2D eigenvalue weighted by Crippen LogP contribution is 2.10. The van der Waals surface area contributed by atoms with Gasteiger partial charge in [0, 0.05) is 6.42 Å². The molecule has 1 heterocycles. The summed E-state index contributed by atoms with van der Waals surface area (Å²) in [7, 11) is 0. The zero-order valence-corrected chi connectivity index (χ0v) is 8.87. The summed E-state index contributed by atoms with van der Waals surface area (Å²) in [6.07, 6.45) is 7.39. The Kier molecular flexibility index (Phi) is 5.60. The fourth-order valence-corrected chi connectivity index (χ4v) is 1.97. The van der Waals surface area contributed by atoms with Crippen molar-refractivity contribution in [2.24, 2.45) is 0 Å². The Morgan fingerprint density at radius 3 is 2.36 bits per heavy atom. The van der Waals surface area contributed by atoms with Crippen molar-refractivity contribution < 1.29 is 9.90 Å². The van der Waals surface area contributed by atoms with Gasteiger partial charge in [0.15, 0.2) is 0 Å².